The maximum Gasteiger partial charge on any atom is 0.375 e. The lowest BCUT2D eigenvalue weighted by Crippen LogP contribution is -2.40. The van der Waals surface area contributed by atoms with E-state index < -0.39 is 12.1 Å². The van der Waals surface area contributed by atoms with E-state index in [1.54, 1.807) is 25.0 Å². The number of hydrogen-bond acceptors (Lipinski definition) is 5. The monoisotopic (exact) mass is 359 g/mol. The molecule has 0 bridgehead atoms. The van der Waals surface area contributed by atoms with Crippen LogP contribution in [0.3, 0.4) is 0 Å². The normalized spacial score (nSPS) is 16.3. The van der Waals surface area contributed by atoms with Gasteiger partial charge < -0.3 is 18.8 Å². The number of para-hydroxylation sites is 1. The van der Waals surface area contributed by atoms with Crippen LogP contribution in [0, 0.1) is 0 Å². The average molecular weight is 359 g/mol. The molecule has 1 fully saturated rings. The van der Waals surface area contributed by atoms with Crippen molar-refractivity contribution in [3.63, 3.8) is 0 Å². The molecule has 140 valence electrons. The van der Waals surface area contributed by atoms with Crippen LogP contribution in [0.15, 0.2) is 28.7 Å². The lowest BCUT2D eigenvalue weighted by Gasteiger charge is -2.23. The molecule has 1 unspecified atom stereocenters. The van der Waals surface area contributed by atoms with Gasteiger partial charge in [0.05, 0.1) is 6.61 Å². The number of carbonyl (C=O) groups is 2. The standard InChI is InChI=1S/C20H25NO5/c1-14(19(22)21-11-7-3-4-8-12-21)25-20(23)18-16(13-24-2)15-9-5-6-10-17(15)26-18/h5-6,9-10,14H,3-4,7-8,11-13H2,1-2H3. The summed E-state index contributed by atoms with van der Waals surface area (Å²) in [6.45, 7) is 3.29. The highest BCUT2D eigenvalue weighted by molar-refractivity contribution is 5.97. The second-order valence-corrected chi connectivity index (χ2v) is 6.63. The Hall–Kier alpha value is -2.34. The zero-order valence-corrected chi connectivity index (χ0v) is 15.3. The van der Waals surface area contributed by atoms with Crippen LogP contribution in [-0.4, -0.2) is 43.1 Å². The van der Waals surface area contributed by atoms with E-state index >= 15 is 0 Å². The van der Waals surface area contributed by atoms with Crippen LogP contribution in [0.2, 0.25) is 0 Å². The first kappa shape index (κ1) is 18.5. The number of amides is 1. The molecule has 0 saturated carbocycles. The van der Waals surface area contributed by atoms with Crippen LogP contribution < -0.4 is 0 Å². The fraction of sp³-hybridized carbons (Fsp3) is 0.500. The maximum absolute atomic E-state index is 12.6. The van der Waals surface area contributed by atoms with E-state index in [1.165, 1.54) is 0 Å². The van der Waals surface area contributed by atoms with Crippen LogP contribution in [0.25, 0.3) is 11.0 Å². The van der Waals surface area contributed by atoms with Gasteiger partial charge in [0.1, 0.15) is 5.58 Å². The topological polar surface area (TPSA) is 69.0 Å². The van der Waals surface area contributed by atoms with E-state index in [2.05, 4.69) is 0 Å². The molecule has 1 saturated heterocycles. The molecule has 1 atom stereocenters. The number of furan rings is 1. The molecule has 3 rings (SSSR count). The van der Waals surface area contributed by atoms with Gasteiger partial charge in [0.25, 0.3) is 5.91 Å². The Balaban J connectivity index is 1.75. The Morgan fingerprint density at radius 1 is 1.15 bits per heavy atom. The highest BCUT2D eigenvalue weighted by Crippen LogP contribution is 2.27. The molecule has 6 heteroatoms. The minimum absolute atomic E-state index is 0.101. The number of methoxy groups -OCH3 is 1. The van der Waals surface area contributed by atoms with E-state index in [4.69, 9.17) is 13.9 Å². The van der Waals surface area contributed by atoms with Crippen LogP contribution in [0.4, 0.5) is 0 Å². The van der Waals surface area contributed by atoms with Crippen molar-refractivity contribution in [3.05, 3.63) is 35.6 Å². The fourth-order valence-corrected chi connectivity index (χ4v) is 3.36. The van der Waals surface area contributed by atoms with Gasteiger partial charge in [-0.2, -0.15) is 0 Å². The summed E-state index contributed by atoms with van der Waals surface area (Å²) in [5, 5.41) is 0.813. The van der Waals surface area contributed by atoms with E-state index in [-0.39, 0.29) is 18.3 Å². The van der Waals surface area contributed by atoms with Crippen LogP contribution >= 0.6 is 0 Å². The van der Waals surface area contributed by atoms with Gasteiger partial charge in [0.2, 0.25) is 5.76 Å². The third kappa shape index (κ3) is 3.90. The number of nitrogens with zero attached hydrogens (tertiary/aromatic N) is 1. The highest BCUT2D eigenvalue weighted by atomic mass is 16.6. The average Bonchev–Trinajstić information content (AvgIpc) is 2.82. The van der Waals surface area contributed by atoms with Crippen molar-refractivity contribution in [2.45, 2.75) is 45.3 Å². The van der Waals surface area contributed by atoms with Crippen molar-refractivity contribution in [3.8, 4) is 0 Å². The molecule has 1 aliphatic rings. The van der Waals surface area contributed by atoms with Gasteiger partial charge in [0, 0.05) is 31.1 Å². The molecule has 0 radical (unpaired) electrons. The first-order valence-electron chi connectivity index (χ1n) is 9.11. The SMILES string of the molecule is COCc1c(C(=O)OC(C)C(=O)N2CCCCCC2)oc2ccccc12. The Morgan fingerprint density at radius 2 is 1.85 bits per heavy atom. The molecule has 0 N–H and O–H groups in total. The summed E-state index contributed by atoms with van der Waals surface area (Å²) in [6, 6.07) is 7.37. The number of carbonyl (C=O) groups excluding carboxylic acids is 2. The van der Waals surface area contributed by atoms with Gasteiger partial charge in [-0.1, -0.05) is 31.0 Å². The summed E-state index contributed by atoms with van der Waals surface area (Å²) in [7, 11) is 1.56. The van der Waals surface area contributed by atoms with E-state index in [1.807, 2.05) is 18.2 Å². The molecule has 2 heterocycles. The summed E-state index contributed by atoms with van der Waals surface area (Å²) < 4.78 is 16.3. The van der Waals surface area contributed by atoms with E-state index in [0.717, 1.165) is 44.2 Å². The van der Waals surface area contributed by atoms with Gasteiger partial charge in [0.15, 0.2) is 6.10 Å². The zero-order valence-electron chi connectivity index (χ0n) is 15.3. The molecule has 1 aromatic heterocycles. The number of rotatable bonds is 5. The number of likely N-dealkylation sites (tertiary alicyclic amines) is 1. The molecule has 26 heavy (non-hydrogen) atoms. The first-order chi connectivity index (χ1) is 12.6. The molecule has 1 aromatic carbocycles. The second kappa shape index (κ2) is 8.36. The zero-order chi connectivity index (χ0) is 18.5. The third-order valence-electron chi connectivity index (χ3n) is 4.72. The Morgan fingerprint density at radius 3 is 2.54 bits per heavy atom. The van der Waals surface area contributed by atoms with Crippen molar-refractivity contribution < 1.29 is 23.5 Å². The van der Waals surface area contributed by atoms with Gasteiger partial charge in [-0.3, -0.25) is 4.79 Å². The summed E-state index contributed by atoms with van der Waals surface area (Å²) in [5.41, 5.74) is 1.24. The molecular weight excluding hydrogens is 334 g/mol. The molecule has 0 spiro atoms. The number of fused-ring (bicyclic) bond motifs is 1. The van der Waals surface area contributed by atoms with Crippen LogP contribution in [0.1, 0.15) is 48.7 Å². The van der Waals surface area contributed by atoms with Crippen LogP contribution in [-0.2, 0) is 20.9 Å². The number of hydrogen-bond donors (Lipinski definition) is 0. The molecular formula is C20H25NO5. The third-order valence-corrected chi connectivity index (χ3v) is 4.72. The lowest BCUT2D eigenvalue weighted by atomic mass is 10.1. The van der Waals surface area contributed by atoms with Gasteiger partial charge >= 0.3 is 5.97 Å². The minimum atomic E-state index is -0.843. The largest absolute Gasteiger partial charge is 0.449 e. The van der Waals surface area contributed by atoms with E-state index in [9.17, 15) is 9.59 Å². The van der Waals surface area contributed by atoms with Crippen molar-refractivity contribution in [2.24, 2.45) is 0 Å². The summed E-state index contributed by atoms with van der Waals surface area (Å²) in [6.07, 6.45) is 3.42. The smallest absolute Gasteiger partial charge is 0.375 e. The predicted molar refractivity (Wildman–Crippen MR) is 96.9 cm³/mol. The molecule has 1 aliphatic heterocycles. The number of ether oxygens (including phenoxy) is 2. The first-order valence-corrected chi connectivity index (χ1v) is 9.11. The van der Waals surface area contributed by atoms with Gasteiger partial charge in [-0.15, -0.1) is 0 Å². The van der Waals surface area contributed by atoms with E-state index in [0.29, 0.717) is 11.1 Å². The molecule has 1 amide bonds. The Labute approximate surface area is 153 Å². The second-order valence-electron chi connectivity index (χ2n) is 6.63. The molecule has 2 aromatic rings. The fourth-order valence-electron chi connectivity index (χ4n) is 3.36. The summed E-state index contributed by atoms with van der Waals surface area (Å²) in [5.74, 6) is -0.683. The predicted octanol–water partition coefficient (Wildman–Crippen LogP) is 3.53. The number of esters is 1. The van der Waals surface area contributed by atoms with Crippen molar-refractivity contribution in [2.75, 3.05) is 20.2 Å². The lowest BCUT2D eigenvalue weighted by molar-refractivity contribution is -0.139. The summed E-state index contributed by atoms with van der Waals surface area (Å²) in [4.78, 5) is 27.0. The van der Waals surface area contributed by atoms with Gasteiger partial charge in [-0.25, -0.2) is 4.79 Å². The van der Waals surface area contributed by atoms with Crippen molar-refractivity contribution in [1.29, 1.82) is 0 Å². The summed E-state index contributed by atoms with van der Waals surface area (Å²) >= 11 is 0. The quantitative estimate of drug-likeness (QED) is 0.764. The van der Waals surface area contributed by atoms with Gasteiger partial charge in [-0.05, 0) is 25.8 Å². The number of benzene rings is 1. The van der Waals surface area contributed by atoms with Crippen LogP contribution in [0.5, 0.6) is 0 Å². The van der Waals surface area contributed by atoms with Crippen molar-refractivity contribution >= 4 is 22.8 Å². The minimum Gasteiger partial charge on any atom is -0.449 e. The Bertz CT molecular complexity index is 774. The molecule has 0 aliphatic carbocycles. The Kier molecular flexibility index (Phi) is 5.93. The highest BCUT2D eigenvalue weighted by Gasteiger charge is 2.28. The molecule has 6 nitrogen and oxygen atoms in total. The maximum atomic E-state index is 12.6. The van der Waals surface area contributed by atoms with Crippen molar-refractivity contribution in [1.82, 2.24) is 4.90 Å².